The van der Waals surface area contributed by atoms with Gasteiger partial charge >= 0.3 is 0 Å². The molecule has 1 nitrogen and oxygen atoms in total. The summed E-state index contributed by atoms with van der Waals surface area (Å²) in [7, 11) is 0. The van der Waals surface area contributed by atoms with Crippen LogP contribution in [-0.2, 0) is 18.4 Å². The molecule has 1 atom stereocenters. The molecular weight excluding hydrogens is 226 g/mol. The van der Waals surface area contributed by atoms with Crippen molar-refractivity contribution >= 4 is 11.3 Å². The first-order valence-electron chi connectivity index (χ1n) is 6.02. The summed E-state index contributed by atoms with van der Waals surface area (Å²) >= 11 is 1.77. The highest BCUT2D eigenvalue weighted by molar-refractivity contribution is 7.09. The highest BCUT2D eigenvalue weighted by Gasteiger charge is 2.21. The molecule has 0 fully saturated rings. The largest absolute Gasteiger partial charge is 0.321 e. The Morgan fingerprint density at radius 2 is 1.88 bits per heavy atom. The molecule has 1 aromatic carbocycles. The zero-order chi connectivity index (χ0) is 12.3. The maximum atomic E-state index is 6.43. The molecule has 90 valence electrons. The lowest BCUT2D eigenvalue weighted by atomic mass is 9.88. The van der Waals surface area contributed by atoms with Crippen LogP contribution in [0, 0.1) is 0 Å². The molecule has 0 aliphatic heterocycles. The SMILES string of the molecule is CCc1ccc(C(C)(N)Cc2cccs2)cc1. The average molecular weight is 245 g/mol. The van der Waals surface area contributed by atoms with Crippen LogP contribution in [0.5, 0.6) is 0 Å². The Morgan fingerprint density at radius 1 is 1.18 bits per heavy atom. The summed E-state index contributed by atoms with van der Waals surface area (Å²) in [6.07, 6.45) is 1.97. The van der Waals surface area contributed by atoms with Crippen LogP contribution in [-0.4, -0.2) is 0 Å². The van der Waals surface area contributed by atoms with Crippen molar-refractivity contribution in [3.05, 3.63) is 57.8 Å². The number of hydrogen-bond donors (Lipinski definition) is 1. The van der Waals surface area contributed by atoms with E-state index in [4.69, 9.17) is 5.73 Å². The maximum absolute atomic E-state index is 6.43. The Kier molecular flexibility index (Phi) is 3.65. The van der Waals surface area contributed by atoms with Crippen LogP contribution >= 0.6 is 11.3 Å². The fraction of sp³-hybridized carbons (Fsp3) is 0.333. The van der Waals surface area contributed by atoms with Gasteiger partial charge in [0.1, 0.15) is 0 Å². The van der Waals surface area contributed by atoms with Crippen molar-refractivity contribution in [2.45, 2.75) is 32.2 Å². The van der Waals surface area contributed by atoms with Gasteiger partial charge in [-0.05, 0) is 35.9 Å². The van der Waals surface area contributed by atoms with Gasteiger partial charge in [0.25, 0.3) is 0 Å². The second-order valence-electron chi connectivity index (χ2n) is 4.72. The van der Waals surface area contributed by atoms with E-state index < -0.39 is 0 Å². The predicted molar refractivity (Wildman–Crippen MR) is 75.4 cm³/mol. The molecular formula is C15H19NS. The third-order valence-electron chi connectivity index (χ3n) is 3.14. The summed E-state index contributed by atoms with van der Waals surface area (Å²) in [4.78, 5) is 1.34. The molecule has 2 N–H and O–H groups in total. The number of thiophene rings is 1. The molecule has 2 rings (SSSR count). The number of benzene rings is 1. The van der Waals surface area contributed by atoms with Gasteiger partial charge < -0.3 is 5.73 Å². The second-order valence-corrected chi connectivity index (χ2v) is 5.76. The number of nitrogens with two attached hydrogens (primary N) is 1. The normalized spacial score (nSPS) is 14.5. The zero-order valence-electron chi connectivity index (χ0n) is 10.4. The van der Waals surface area contributed by atoms with E-state index in [0.717, 1.165) is 12.8 Å². The summed E-state index contributed by atoms with van der Waals surface area (Å²) in [5.74, 6) is 0. The van der Waals surface area contributed by atoms with E-state index in [-0.39, 0.29) is 5.54 Å². The quantitative estimate of drug-likeness (QED) is 0.872. The van der Waals surface area contributed by atoms with Crippen LogP contribution < -0.4 is 5.73 Å². The van der Waals surface area contributed by atoms with Crippen molar-refractivity contribution in [1.82, 2.24) is 0 Å². The van der Waals surface area contributed by atoms with Crippen LogP contribution in [0.4, 0.5) is 0 Å². The number of aryl methyl sites for hydroxylation is 1. The van der Waals surface area contributed by atoms with E-state index in [1.54, 1.807) is 11.3 Å². The van der Waals surface area contributed by atoms with Gasteiger partial charge in [-0.15, -0.1) is 11.3 Å². The van der Waals surface area contributed by atoms with Crippen molar-refractivity contribution in [2.24, 2.45) is 5.73 Å². The number of hydrogen-bond acceptors (Lipinski definition) is 2. The highest BCUT2D eigenvalue weighted by atomic mass is 32.1. The van der Waals surface area contributed by atoms with Gasteiger partial charge in [-0.1, -0.05) is 37.3 Å². The Hall–Kier alpha value is -1.12. The van der Waals surface area contributed by atoms with E-state index in [9.17, 15) is 0 Å². The monoisotopic (exact) mass is 245 g/mol. The van der Waals surface area contributed by atoms with Gasteiger partial charge in [0.2, 0.25) is 0 Å². The Labute approximate surface area is 107 Å². The van der Waals surface area contributed by atoms with E-state index in [0.29, 0.717) is 0 Å². The third kappa shape index (κ3) is 2.96. The maximum Gasteiger partial charge on any atom is 0.0429 e. The van der Waals surface area contributed by atoms with Crippen molar-refractivity contribution in [3.63, 3.8) is 0 Å². The first kappa shape index (κ1) is 12.3. The molecule has 17 heavy (non-hydrogen) atoms. The smallest absolute Gasteiger partial charge is 0.0429 e. The van der Waals surface area contributed by atoms with Crippen LogP contribution in [0.1, 0.15) is 29.9 Å². The Bertz CT molecular complexity index is 454. The zero-order valence-corrected chi connectivity index (χ0v) is 11.3. The fourth-order valence-corrected chi connectivity index (χ4v) is 2.87. The topological polar surface area (TPSA) is 26.0 Å². The summed E-state index contributed by atoms with van der Waals surface area (Å²) < 4.78 is 0. The molecule has 2 heteroatoms. The lowest BCUT2D eigenvalue weighted by molar-refractivity contribution is 0.495. The molecule has 0 aliphatic rings. The molecule has 0 bridgehead atoms. The van der Waals surface area contributed by atoms with E-state index in [1.165, 1.54) is 16.0 Å². The van der Waals surface area contributed by atoms with E-state index >= 15 is 0 Å². The lowest BCUT2D eigenvalue weighted by Crippen LogP contribution is -2.35. The van der Waals surface area contributed by atoms with Crippen LogP contribution in [0.25, 0.3) is 0 Å². The van der Waals surface area contributed by atoms with Gasteiger partial charge in [0.15, 0.2) is 0 Å². The molecule has 0 radical (unpaired) electrons. The molecule has 1 aromatic heterocycles. The first-order valence-corrected chi connectivity index (χ1v) is 6.90. The minimum atomic E-state index is -0.281. The predicted octanol–water partition coefficient (Wildman–Crippen LogP) is 3.73. The molecule has 0 amide bonds. The second kappa shape index (κ2) is 5.03. The van der Waals surface area contributed by atoms with Crippen molar-refractivity contribution in [3.8, 4) is 0 Å². The molecule has 0 spiro atoms. The van der Waals surface area contributed by atoms with Crippen molar-refractivity contribution in [1.29, 1.82) is 0 Å². The van der Waals surface area contributed by atoms with Crippen molar-refractivity contribution < 1.29 is 0 Å². The van der Waals surface area contributed by atoms with E-state index in [1.807, 2.05) is 0 Å². The van der Waals surface area contributed by atoms with Gasteiger partial charge in [-0.3, -0.25) is 0 Å². The third-order valence-corrected chi connectivity index (χ3v) is 4.02. The van der Waals surface area contributed by atoms with Crippen LogP contribution in [0.2, 0.25) is 0 Å². The van der Waals surface area contributed by atoms with Gasteiger partial charge in [0, 0.05) is 16.8 Å². The molecule has 2 aromatic rings. The summed E-state index contributed by atoms with van der Waals surface area (Å²) in [6, 6.07) is 12.9. The van der Waals surface area contributed by atoms with Gasteiger partial charge in [-0.25, -0.2) is 0 Å². The van der Waals surface area contributed by atoms with Gasteiger partial charge in [0.05, 0.1) is 0 Å². The first-order chi connectivity index (χ1) is 8.12. The summed E-state index contributed by atoms with van der Waals surface area (Å²) in [5.41, 5.74) is 8.72. The van der Waals surface area contributed by atoms with Crippen LogP contribution in [0.15, 0.2) is 41.8 Å². The summed E-state index contributed by atoms with van der Waals surface area (Å²) in [6.45, 7) is 4.27. The standard InChI is InChI=1S/C15H19NS/c1-3-12-6-8-13(9-7-12)15(2,16)11-14-5-4-10-17-14/h4-10H,3,11,16H2,1-2H3. The van der Waals surface area contributed by atoms with Crippen molar-refractivity contribution in [2.75, 3.05) is 0 Å². The molecule has 1 heterocycles. The minimum absolute atomic E-state index is 0.281. The van der Waals surface area contributed by atoms with Gasteiger partial charge in [-0.2, -0.15) is 0 Å². The Morgan fingerprint density at radius 3 is 2.41 bits per heavy atom. The van der Waals surface area contributed by atoms with Crippen LogP contribution in [0.3, 0.4) is 0 Å². The molecule has 0 aliphatic carbocycles. The fourth-order valence-electron chi connectivity index (χ4n) is 2.00. The molecule has 0 saturated carbocycles. The minimum Gasteiger partial charge on any atom is -0.321 e. The summed E-state index contributed by atoms with van der Waals surface area (Å²) in [5, 5.41) is 2.10. The number of rotatable bonds is 4. The lowest BCUT2D eigenvalue weighted by Gasteiger charge is -2.25. The Balaban J connectivity index is 2.18. The van der Waals surface area contributed by atoms with E-state index in [2.05, 4.69) is 55.6 Å². The molecule has 0 saturated heterocycles. The average Bonchev–Trinajstić information content (AvgIpc) is 2.81. The molecule has 1 unspecified atom stereocenters. The highest BCUT2D eigenvalue weighted by Crippen LogP contribution is 2.25.